The molecule has 0 bridgehead atoms. The normalized spacial score (nSPS) is 11.0. The third kappa shape index (κ3) is 3.55. The van der Waals surface area contributed by atoms with Crippen molar-refractivity contribution in [3.63, 3.8) is 0 Å². The van der Waals surface area contributed by atoms with Crippen LogP contribution in [0, 0.1) is 6.92 Å². The molecule has 0 aliphatic rings. The number of nitrogens with zero attached hydrogens (tertiary/aromatic N) is 2. The molecule has 0 fully saturated rings. The molecule has 2 aromatic heterocycles. The van der Waals surface area contributed by atoms with E-state index in [1.807, 2.05) is 25.1 Å². The van der Waals surface area contributed by atoms with Gasteiger partial charge >= 0.3 is 0 Å². The van der Waals surface area contributed by atoms with Gasteiger partial charge in [-0.3, -0.25) is 25.2 Å². The van der Waals surface area contributed by atoms with Gasteiger partial charge < -0.3 is 4.42 Å². The van der Waals surface area contributed by atoms with Crippen LogP contribution in [0.5, 0.6) is 0 Å². The Morgan fingerprint density at radius 3 is 2.60 bits per heavy atom. The summed E-state index contributed by atoms with van der Waals surface area (Å²) in [6.45, 7) is 4.05. The molecule has 0 saturated carbocycles. The largest absolute Gasteiger partial charge is 0.464 e. The molecule has 2 N–H and O–H groups in total. The molecular weight excluding hydrogens is 384 g/mol. The molecule has 30 heavy (non-hydrogen) atoms. The highest BCUT2D eigenvalue weighted by Gasteiger charge is 2.17. The van der Waals surface area contributed by atoms with Crippen molar-refractivity contribution in [2.75, 3.05) is 0 Å². The number of hydrogen-bond donors (Lipinski definition) is 2. The van der Waals surface area contributed by atoms with Crippen LogP contribution in [0.4, 0.5) is 0 Å². The molecule has 2 amide bonds. The number of furan rings is 1. The number of aromatic nitrogens is 2. The van der Waals surface area contributed by atoms with E-state index in [1.54, 1.807) is 31.2 Å². The second-order valence-electron chi connectivity index (χ2n) is 6.95. The van der Waals surface area contributed by atoms with Gasteiger partial charge in [-0.25, -0.2) is 4.68 Å². The first-order chi connectivity index (χ1) is 14.5. The summed E-state index contributed by atoms with van der Waals surface area (Å²) < 4.78 is 6.72. The van der Waals surface area contributed by atoms with Gasteiger partial charge in [0.15, 0.2) is 5.69 Å². The second kappa shape index (κ2) is 7.82. The number of benzene rings is 2. The summed E-state index contributed by atoms with van der Waals surface area (Å²) in [5, 5.41) is 5.82. The molecule has 8 nitrogen and oxygen atoms in total. The zero-order valence-electron chi connectivity index (χ0n) is 16.6. The molecule has 0 radical (unpaired) electrons. The number of hydrazine groups is 1. The van der Waals surface area contributed by atoms with Crippen LogP contribution in [0.15, 0.2) is 57.9 Å². The van der Waals surface area contributed by atoms with Crippen LogP contribution in [0.25, 0.3) is 21.7 Å². The van der Waals surface area contributed by atoms with E-state index in [0.29, 0.717) is 22.9 Å². The van der Waals surface area contributed by atoms with Crippen LogP contribution in [0.2, 0.25) is 0 Å². The van der Waals surface area contributed by atoms with Crippen molar-refractivity contribution in [1.29, 1.82) is 0 Å². The van der Waals surface area contributed by atoms with E-state index in [9.17, 15) is 14.4 Å². The third-order valence-corrected chi connectivity index (χ3v) is 4.86. The van der Waals surface area contributed by atoms with Gasteiger partial charge in [0.1, 0.15) is 5.58 Å². The van der Waals surface area contributed by atoms with E-state index in [1.165, 1.54) is 10.9 Å². The summed E-state index contributed by atoms with van der Waals surface area (Å²) in [6.07, 6.45) is 1.58. The third-order valence-electron chi connectivity index (χ3n) is 4.86. The average molecular weight is 404 g/mol. The minimum absolute atomic E-state index is 0.0406. The molecule has 2 heterocycles. The predicted molar refractivity (Wildman–Crippen MR) is 112 cm³/mol. The number of carbonyl (C=O) groups is 2. The Morgan fingerprint density at radius 1 is 1.07 bits per heavy atom. The number of carbonyl (C=O) groups excluding carboxylic acids is 2. The van der Waals surface area contributed by atoms with Crippen molar-refractivity contribution in [1.82, 2.24) is 20.6 Å². The van der Waals surface area contributed by atoms with E-state index < -0.39 is 11.8 Å². The summed E-state index contributed by atoms with van der Waals surface area (Å²) in [5.74, 6) is -1.01. The molecule has 0 unspecified atom stereocenters. The maximum Gasteiger partial charge on any atom is 0.290 e. The molecule has 0 aliphatic heterocycles. The van der Waals surface area contributed by atoms with E-state index in [4.69, 9.17) is 4.42 Å². The fourth-order valence-electron chi connectivity index (χ4n) is 3.35. The summed E-state index contributed by atoms with van der Waals surface area (Å²) in [6, 6.07) is 12.5. The number of nitrogens with one attached hydrogen (secondary N) is 2. The maximum atomic E-state index is 12.7. The second-order valence-corrected chi connectivity index (χ2v) is 6.95. The van der Waals surface area contributed by atoms with E-state index in [2.05, 4.69) is 16.0 Å². The standard InChI is InChI=1S/C22H20N4O4/c1-3-26-22(29)17-7-5-4-6-16(17)20(25-26)21(28)24-23-19(27)11-14-12-30-18-10-13(2)8-9-15(14)18/h4-10,12H,3,11H2,1-2H3,(H,23,27)(H,24,28). The number of fused-ring (bicyclic) bond motifs is 2. The van der Waals surface area contributed by atoms with Crippen LogP contribution in [0.3, 0.4) is 0 Å². The molecular formula is C22H20N4O4. The monoisotopic (exact) mass is 404 g/mol. The molecule has 2 aromatic carbocycles. The highest BCUT2D eigenvalue weighted by molar-refractivity contribution is 6.05. The fourth-order valence-corrected chi connectivity index (χ4v) is 3.35. The lowest BCUT2D eigenvalue weighted by atomic mass is 10.1. The van der Waals surface area contributed by atoms with E-state index in [0.717, 1.165) is 16.5 Å². The zero-order valence-corrected chi connectivity index (χ0v) is 16.6. The minimum atomic E-state index is -0.602. The fraction of sp³-hybridized carbons (Fsp3) is 0.182. The Kier molecular flexibility index (Phi) is 5.05. The van der Waals surface area contributed by atoms with Crippen LogP contribution in [0.1, 0.15) is 28.5 Å². The SMILES string of the molecule is CCn1nc(C(=O)NNC(=O)Cc2coc3cc(C)ccc23)c2ccccc2c1=O. The van der Waals surface area contributed by atoms with Gasteiger partial charge in [0.25, 0.3) is 11.5 Å². The van der Waals surface area contributed by atoms with Gasteiger partial charge in [-0.1, -0.05) is 30.3 Å². The lowest BCUT2D eigenvalue weighted by molar-refractivity contribution is -0.121. The lowest BCUT2D eigenvalue weighted by Crippen LogP contribution is -2.43. The first-order valence-corrected chi connectivity index (χ1v) is 9.53. The van der Waals surface area contributed by atoms with Crippen molar-refractivity contribution < 1.29 is 14.0 Å². The Balaban J connectivity index is 1.51. The van der Waals surface area contributed by atoms with Gasteiger partial charge in [-0.15, -0.1) is 0 Å². The van der Waals surface area contributed by atoms with Crippen molar-refractivity contribution in [2.24, 2.45) is 0 Å². The molecule has 4 rings (SSSR count). The predicted octanol–water partition coefficient (Wildman–Crippen LogP) is 2.47. The first-order valence-electron chi connectivity index (χ1n) is 9.53. The minimum Gasteiger partial charge on any atom is -0.464 e. The van der Waals surface area contributed by atoms with E-state index >= 15 is 0 Å². The number of amides is 2. The van der Waals surface area contributed by atoms with Crippen LogP contribution in [-0.4, -0.2) is 21.6 Å². The van der Waals surface area contributed by atoms with Gasteiger partial charge in [0, 0.05) is 22.9 Å². The van der Waals surface area contributed by atoms with Crippen molar-refractivity contribution in [3.05, 3.63) is 75.9 Å². The summed E-state index contributed by atoms with van der Waals surface area (Å²) >= 11 is 0. The first kappa shape index (κ1) is 19.4. The Morgan fingerprint density at radius 2 is 1.83 bits per heavy atom. The van der Waals surface area contributed by atoms with Crippen molar-refractivity contribution >= 4 is 33.6 Å². The number of hydrogen-bond acceptors (Lipinski definition) is 5. The molecule has 0 spiro atoms. The Labute approximate surface area is 171 Å². The van der Waals surface area contributed by atoms with Crippen LogP contribution in [-0.2, 0) is 17.8 Å². The van der Waals surface area contributed by atoms with Gasteiger partial charge in [-0.2, -0.15) is 5.10 Å². The molecule has 8 heteroatoms. The van der Waals surface area contributed by atoms with E-state index in [-0.39, 0.29) is 17.7 Å². The lowest BCUT2D eigenvalue weighted by Gasteiger charge is -2.10. The highest BCUT2D eigenvalue weighted by atomic mass is 16.3. The Bertz CT molecular complexity index is 1340. The molecule has 4 aromatic rings. The van der Waals surface area contributed by atoms with Gasteiger partial charge in [-0.05, 0) is 31.5 Å². The quantitative estimate of drug-likeness (QED) is 0.508. The van der Waals surface area contributed by atoms with Gasteiger partial charge in [0.05, 0.1) is 18.1 Å². The summed E-state index contributed by atoms with van der Waals surface area (Å²) in [7, 11) is 0. The average Bonchev–Trinajstić information content (AvgIpc) is 3.14. The molecule has 0 atom stereocenters. The van der Waals surface area contributed by atoms with Crippen molar-refractivity contribution in [3.8, 4) is 0 Å². The highest BCUT2D eigenvalue weighted by Crippen LogP contribution is 2.22. The molecule has 0 saturated heterocycles. The number of aryl methyl sites for hydroxylation is 2. The van der Waals surface area contributed by atoms with Crippen molar-refractivity contribution in [2.45, 2.75) is 26.8 Å². The summed E-state index contributed by atoms with van der Waals surface area (Å²) in [4.78, 5) is 37.4. The summed E-state index contributed by atoms with van der Waals surface area (Å²) in [5.41, 5.74) is 7.08. The smallest absolute Gasteiger partial charge is 0.290 e. The molecule has 0 aliphatic carbocycles. The Hall–Kier alpha value is -3.94. The molecule has 152 valence electrons. The topological polar surface area (TPSA) is 106 Å². The van der Waals surface area contributed by atoms with Crippen LogP contribution >= 0.6 is 0 Å². The van der Waals surface area contributed by atoms with Crippen LogP contribution < -0.4 is 16.4 Å². The zero-order chi connectivity index (χ0) is 21.3. The number of rotatable bonds is 4. The maximum absolute atomic E-state index is 12.7. The van der Waals surface area contributed by atoms with Gasteiger partial charge in [0.2, 0.25) is 5.91 Å².